The van der Waals surface area contributed by atoms with Crippen molar-refractivity contribution in [3.05, 3.63) is 23.8 Å². The number of likely N-dealkylation sites (tertiary alicyclic amines) is 1. The number of fused-ring (bicyclic) bond motifs is 1. The molecule has 0 aromatic heterocycles. The maximum absolute atomic E-state index is 9.58. The van der Waals surface area contributed by atoms with Gasteiger partial charge in [-0.2, -0.15) is 0 Å². The van der Waals surface area contributed by atoms with Crippen LogP contribution in [0.3, 0.4) is 0 Å². The summed E-state index contributed by atoms with van der Waals surface area (Å²) in [5, 5.41) is 13.2. The van der Waals surface area contributed by atoms with E-state index in [4.69, 9.17) is 4.74 Å². The second kappa shape index (κ2) is 5.50. The molecule has 3 aliphatic rings. The first-order valence-electron chi connectivity index (χ1n) is 8.24. The van der Waals surface area contributed by atoms with Gasteiger partial charge in [0.2, 0.25) is 0 Å². The molecule has 0 saturated carbocycles. The van der Waals surface area contributed by atoms with Crippen LogP contribution in [0, 0.1) is 5.92 Å². The first-order valence-corrected chi connectivity index (χ1v) is 8.24. The lowest BCUT2D eigenvalue weighted by molar-refractivity contribution is 0.0930. The van der Waals surface area contributed by atoms with Crippen molar-refractivity contribution >= 4 is 0 Å². The van der Waals surface area contributed by atoms with Crippen LogP contribution >= 0.6 is 0 Å². The number of rotatable bonds is 2. The molecule has 4 heteroatoms. The van der Waals surface area contributed by atoms with Crippen molar-refractivity contribution in [1.29, 1.82) is 0 Å². The third-order valence-electron chi connectivity index (χ3n) is 5.35. The zero-order chi connectivity index (χ0) is 14.2. The molecule has 3 unspecified atom stereocenters. The van der Waals surface area contributed by atoms with Crippen LogP contribution in [-0.2, 0) is 0 Å². The van der Waals surface area contributed by atoms with E-state index in [9.17, 15) is 5.11 Å². The van der Waals surface area contributed by atoms with Crippen molar-refractivity contribution in [1.82, 2.24) is 10.2 Å². The van der Waals surface area contributed by atoms with Crippen molar-refractivity contribution < 1.29 is 9.84 Å². The summed E-state index contributed by atoms with van der Waals surface area (Å²) in [7, 11) is 0. The van der Waals surface area contributed by atoms with Gasteiger partial charge in [0, 0.05) is 24.2 Å². The molecule has 3 atom stereocenters. The molecule has 0 spiro atoms. The Kier molecular flexibility index (Phi) is 3.51. The van der Waals surface area contributed by atoms with Gasteiger partial charge in [0.15, 0.2) is 0 Å². The van der Waals surface area contributed by atoms with Crippen LogP contribution in [0.5, 0.6) is 11.5 Å². The van der Waals surface area contributed by atoms with Gasteiger partial charge in [-0.1, -0.05) is 0 Å². The van der Waals surface area contributed by atoms with Crippen molar-refractivity contribution in [2.24, 2.45) is 5.92 Å². The Bertz CT molecular complexity index is 514. The lowest BCUT2D eigenvalue weighted by atomic mass is 9.88. The molecule has 114 valence electrons. The Morgan fingerprint density at radius 1 is 1.24 bits per heavy atom. The molecule has 4 rings (SSSR count). The van der Waals surface area contributed by atoms with Gasteiger partial charge in [0.05, 0.1) is 6.04 Å². The van der Waals surface area contributed by atoms with E-state index in [0.29, 0.717) is 11.8 Å². The summed E-state index contributed by atoms with van der Waals surface area (Å²) in [6, 6.07) is 6.63. The molecule has 1 aromatic rings. The normalized spacial score (nSPS) is 32.9. The number of benzene rings is 1. The zero-order valence-electron chi connectivity index (χ0n) is 12.4. The molecule has 2 saturated heterocycles. The van der Waals surface area contributed by atoms with Gasteiger partial charge in [-0.3, -0.25) is 4.90 Å². The minimum Gasteiger partial charge on any atom is -0.508 e. The fraction of sp³-hybridized carbons (Fsp3) is 0.647. The average molecular weight is 288 g/mol. The largest absolute Gasteiger partial charge is 0.508 e. The third kappa shape index (κ3) is 2.51. The lowest BCUT2D eigenvalue weighted by Crippen LogP contribution is -2.45. The molecule has 0 bridgehead atoms. The van der Waals surface area contributed by atoms with Gasteiger partial charge in [-0.15, -0.1) is 0 Å². The standard InChI is InChI=1S/C17H24N2O2/c20-13-5-6-14-16(11-21-17(14)9-13)19-8-2-3-12(10-19)15-4-1-7-18-15/h5-6,9,12,15-16,18,20H,1-4,7-8,10-11H2. The van der Waals surface area contributed by atoms with Gasteiger partial charge in [0.1, 0.15) is 18.1 Å². The van der Waals surface area contributed by atoms with E-state index in [1.807, 2.05) is 6.07 Å². The van der Waals surface area contributed by atoms with Gasteiger partial charge < -0.3 is 15.2 Å². The number of nitrogens with one attached hydrogen (secondary N) is 1. The SMILES string of the molecule is Oc1ccc2c(c1)OCC2N1CCCC(C2CCCN2)C1. The quantitative estimate of drug-likeness (QED) is 0.876. The monoisotopic (exact) mass is 288 g/mol. The third-order valence-corrected chi connectivity index (χ3v) is 5.35. The van der Waals surface area contributed by atoms with Gasteiger partial charge in [-0.05, 0) is 56.8 Å². The number of nitrogens with zero attached hydrogens (tertiary/aromatic N) is 1. The highest BCUT2D eigenvalue weighted by Crippen LogP contribution is 2.40. The van der Waals surface area contributed by atoms with Crippen LogP contribution in [0.25, 0.3) is 0 Å². The molecule has 0 radical (unpaired) electrons. The molecule has 0 aliphatic carbocycles. The van der Waals surface area contributed by atoms with E-state index >= 15 is 0 Å². The number of phenols is 1. The highest BCUT2D eigenvalue weighted by Gasteiger charge is 2.35. The van der Waals surface area contributed by atoms with Crippen LogP contribution in [0.4, 0.5) is 0 Å². The molecule has 4 nitrogen and oxygen atoms in total. The number of ether oxygens (including phenoxy) is 1. The molecule has 3 heterocycles. The smallest absolute Gasteiger partial charge is 0.127 e. The van der Waals surface area contributed by atoms with E-state index < -0.39 is 0 Å². The predicted molar refractivity (Wildman–Crippen MR) is 81.7 cm³/mol. The highest BCUT2D eigenvalue weighted by molar-refractivity contribution is 5.44. The fourth-order valence-corrected chi connectivity index (χ4v) is 4.25. The highest BCUT2D eigenvalue weighted by atomic mass is 16.5. The summed E-state index contributed by atoms with van der Waals surface area (Å²) in [4.78, 5) is 2.59. The van der Waals surface area contributed by atoms with E-state index in [2.05, 4.69) is 10.2 Å². The molecular weight excluding hydrogens is 264 g/mol. The average Bonchev–Trinajstić information content (AvgIpc) is 3.16. The van der Waals surface area contributed by atoms with Crippen molar-refractivity contribution in [3.63, 3.8) is 0 Å². The number of aromatic hydroxyl groups is 1. The number of hydrogen-bond donors (Lipinski definition) is 2. The number of hydrogen-bond acceptors (Lipinski definition) is 4. The van der Waals surface area contributed by atoms with Crippen molar-refractivity contribution in [2.75, 3.05) is 26.2 Å². The van der Waals surface area contributed by atoms with E-state index in [1.54, 1.807) is 12.1 Å². The van der Waals surface area contributed by atoms with E-state index in [-0.39, 0.29) is 0 Å². The van der Waals surface area contributed by atoms with Crippen LogP contribution in [0.2, 0.25) is 0 Å². The van der Waals surface area contributed by atoms with Gasteiger partial charge >= 0.3 is 0 Å². The van der Waals surface area contributed by atoms with Gasteiger partial charge in [-0.25, -0.2) is 0 Å². The van der Waals surface area contributed by atoms with Crippen LogP contribution in [0.15, 0.2) is 18.2 Å². The summed E-state index contributed by atoms with van der Waals surface area (Å²) in [6.07, 6.45) is 5.30. The molecule has 2 N–H and O–H groups in total. The van der Waals surface area contributed by atoms with E-state index in [1.165, 1.54) is 44.3 Å². The van der Waals surface area contributed by atoms with Crippen molar-refractivity contribution in [2.45, 2.75) is 37.8 Å². The Hall–Kier alpha value is -1.26. The predicted octanol–water partition coefficient (Wildman–Crippen LogP) is 2.29. The molecule has 0 amide bonds. The fourth-order valence-electron chi connectivity index (χ4n) is 4.25. The zero-order valence-corrected chi connectivity index (χ0v) is 12.4. The first-order chi connectivity index (χ1) is 10.3. The molecule has 1 aromatic carbocycles. The van der Waals surface area contributed by atoms with Crippen LogP contribution < -0.4 is 10.1 Å². The van der Waals surface area contributed by atoms with Crippen LogP contribution in [0.1, 0.15) is 37.3 Å². The summed E-state index contributed by atoms with van der Waals surface area (Å²) >= 11 is 0. The van der Waals surface area contributed by atoms with Crippen molar-refractivity contribution in [3.8, 4) is 11.5 Å². The summed E-state index contributed by atoms with van der Waals surface area (Å²) < 4.78 is 5.79. The Morgan fingerprint density at radius 3 is 3.05 bits per heavy atom. The maximum atomic E-state index is 9.58. The van der Waals surface area contributed by atoms with Gasteiger partial charge in [0.25, 0.3) is 0 Å². The Balaban J connectivity index is 1.49. The topological polar surface area (TPSA) is 44.7 Å². The number of phenolic OH excluding ortho intramolecular Hbond substituents is 1. The molecule has 21 heavy (non-hydrogen) atoms. The Labute approximate surface area is 126 Å². The number of piperidine rings is 1. The summed E-state index contributed by atoms with van der Waals surface area (Å²) in [5.74, 6) is 1.93. The first kappa shape index (κ1) is 13.4. The maximum Gasteiger partial charge on any atom is 0.127 e. The summed E-state index contributed by atoms with van der Waals surface area (Å²) in [6.45, 7) is 4.25. The lowest BCUT2D eigenvalue weighted by Gasteiger charge is -2.38. The minimum absolute atomic E-state index is 0.293. The summed E-state index contributed by atoms with van der Waals surface area (Å²) in [5.41, 5.74) is 1.24. The Morgan fingerprint density at radius 2 is 2.19 bits per heavy atom. The second-order valence-electron chi connectivity index (χ2n) is 6.65. The van der Waals surface area contributed by atoms with Crippen LogP contribution in [-0.4, -0.2) is 42.3 Å². The minimum atomic E-state index is 0.293. The van der Waals surface area contributed by atoms with E-state index in [0.717, 1.165) is 30.9 Å². The molecular formula is C17H24N2O2. The molecule has 3 aliphatic heterocycles. The molecule has 2 fully saturated rings. The second-order valence-corrected chi connectivity index (χ2v) is 6.65.